The van der Waals surface area contributed by atoms with E-state index in [1.165, 1.54) is 0 Å². The second-order valence-corrected chi connectivity index (χ2v) is 9.85. The van der Waals surface area contributed by atoms with E-state index in [2.05, 4.69) is 30.2 Å². The number of aromatic nitrogens is 3. The first-order valence-corrected chi connectivity index (χ1v) is 12.4. The van der Waals surface area contributed by atoms with Gasteiger partial charge in [-0.25, -0.2) is 0 Å². The van der Waals surface area contributed by atoms with Crippen molar-refractivity contribution in [3.8, 4) is 11.1 Å². The number of hydrogen-bond acceptors (Lipinski definition) is 4. The smallest absolute Gasteiger partial charge is 0.305 e. The molecule has 0 spiro atoms. The third-order valence-electron chi connectivity index (χ3n) is 5.86. The van der Waals surface area contributed by atoms with Gasteiger partial charge in [0.1, 0.15) is 5.69 Å². The van der Waals surface area contributed by atoms with E-state index in [1.54, 1.807) is 18.3 Å². The van der Waals surface area contributed by atoms with Crippen molar-refractivity contribution in [1.29, 1.82) is 0 Å². The Morgan fingerprint density at radius 1 is 1.06 bits per heavy atom. The van der Waals surface area contributed by atoms with E-state index >= 15 is 0 Å². The molecule has 1 atom stereocenters. The number of hydrogen-bond donors (Lipinski definition) is 2. The lowest BCUT2D eigenvalue weighted by Gasteiger charge is -2.21. The molecule has 9 heteroatoms. The third-order valence-corrected chi connectivity index (χ3v) is 6.40. The molecule has 36 heavy (non-hydrogen) atoms. The van der Waals surface area contributed by atoms with Crippen LogP contribution in [0.4, 0.5) is 0 Å². The number of carbonyl (C=O) groups is 2. The Labute approximate surface area is 219 Å². The molecule has 0 fully saturated rings. The highest BCUT2D eigenvalue weighted by atomic mass is 35.5. The number of amides is 1. The summed E-state index contributed by atoms with van der Waals surface area (Å²) in [4.78, 5) is 27.3. The molecule has 2 N–H and O–H groups in total. The van der Waals surface area contributed by atoms with Gasteiger partial charge < -0.3 is 10.4 Å². The maximum Gasteiger partial charge on any atom is 0.305 e. The molecular weight excluding hydrogens is 499 g/mol. The monoisotopic (exact) mass is 524 g/mol. The van der Waals surface area contributed by atoms with Crippen molar-refractivity contribution in [3.05, 3.63) is 82.2 Å². The lowest BCUT2D eigenvalue weighted by molar-refractivity contribution is -0.136. The van der Waals surface area contributed by atoms with Gasteiger partial charge in [-0.15, -0.1) is 0 Å². The summed E-state index contributed by atoms with van der Waals surface area (Å²) in [5, 5.41) is 18.2. The molecule has 0 radical (unpaired) electrons. The molecule has 0 saturated carbocycles. The molecular formula is C27H26Cl2N4O3. The Bertz CT molecular complexity index is 1400. The van der Waals surface area contributed by atoms with Crippen LogP contribution in [0, 0.1) is 5.92 Å². The van der Waals surface area contributed by atoms with Gasteiger partial charge in [-0.3, -0.25) is 19.3 Å². The van der Waals surface area contributed by atoms with Crippen molar-refractivity contribution < 1.29 is 14.7 Å². The zero-order valence-electron chi connectivity index (χ0n) is 19.9. The second kappa shape index (κ2) is 11.1. The minimum Gasteiger partial charge on any atom is -0.481 e. The number of carboxylic acids is 1. The average Bonchev–Trinajstić information content (AvgIpc) is 3.25. The van der Waals surface area contributed by atoms with Crippen LogP contribution in [0.5, 0.6) is 0 Å². The first-order valence-electron chi connectivity index (χ1n) is 11.6. The van der Waals surface area contributed by atoms with E-state index in [0.717, 1.165) is 34.0 Å². The number of rotatable bonds is 9. The van der Waals surface area contributed by atoms with Crippen molar-refractivity contribution in [2.45, 2.75) is 32.7 Å². The molecule has 0 saturated heterocycles. The van der Waals surface area contributed by atoms with E-state index in [9.17, 15) is 9.59 Å². The van der Waals surface area contributed by atoms with Crippen molar-refractivity contribution in [2.24, 2.45) is 5.92 Å². The Morgan fingerprint density at radius 2 is 1.86 bits per heavy atom. The lowest BCUT2D eigenvalue weighted by Crippen LogP contribution is -2.27. The van der Waals surface area contributed by atoms with Crippen LogP contribution in [0.15, 0.2) is 60.9 Å². The van der Waals surface area contributed by atoms with Crippen LogP contribution in [0.25, 0.3) is 22.0 Å². The van der Waals surface area contributed by atoms with Crippen LogP contribution in [0.3, 0.4) is 0 Å². The number of aliphatic carboxylic acids is 1. The molecule has 0 aliphatic carbocycles. The minimum atomic E-state index is -0.968. The van der Waals surface area contributed by atoms with Gasteiger partial charge in [0, 0.05) is 33.7 Å². The van der Waals surface area contributed by atoms with Crippen LogP contribution in [0.2, 0.25) is 10.0 Å². The minimum absolute atomic E-state index is 0.0517. The van der Waals surface area contributed by atoms with Crippen molar-refractivity contribution in [2.75, 3.05) is 6.54 Å². The Morgan fingerprint density at radius 3 is 2.53 bits per heavy atom. The summed E-state index contributed by atoms with van der Waals surface area (Å²) in [6, 6.07) is 15.0. The zero-order valence-corrected chi connectivity index (χ0v) is 21.4. The first kappa shape index (κ1) is 25.7. The molecule has 0 bridgehead atoms. The third kappa shape index (κ3) is 5.86. The molecule has 186 valence electrons. The maximum atomic E-state index is 12.3. The first-order chi connectivity index (χ1) is 17.2. The van der Waals surface area contributed by atoms with Crippen molar-refractivity contribution >= 4 is 46.0 Å². The highest BCUT2D eigenvalue weighted by Gasteiger charge is 2.20. The summed E-state index contributed by atoms with van der Waals surface area (Å²) in [6.45, 7) is 4.35. The second-order valence-electron chi connectivity index (χ2n) is 9.01. The quantitative estimate of drug-likeness (QED) is 0.270. The fraction of sp³-hybridized carbons (Fsp3) is 0.259. The van der Waals surface area contributed by atoms with Crippen LogP contribution in [-0.4, -0.2) is 38.3 Å². The Kier molecular flexibility index (Phi) is 7.91. The Hall–Kier alpha value is -3.42. The van der Waals surface area contributed by atoms with E-state index in [4.69, 9.17) is 33.4 Å². The summed E-state index contributed by atoms with van der Waals surface area (Å²) in [5.41, 5.74) is 4.02. The van der Waals surface area contributed by atoms with Gasteiger partial charge in [0.2, 0.25) is 0 Å². The molecule has 1 amide bonds. The fourth-order valence-corrected chi connectivity index (χ4v) is 4.64. The standard InChI is InChI=1S/C27H26Cl2N4O3/c1-16(2)11-25(18-3-7-23(31-14-18)27(36)30-10-9-26(34)35)33-24-8-4-17(12-19(24)15-32-33)21-6-5-20(28)13-22(21)29/h3-8,12-16,25H,9-11H2,1-2H3,(H,30,36)(H,34,35). The average molecular weight is 525 g/mol. The summed E-state index contributed by atoms with van der Waals surface area (Å²) < 4.78 is 1.99. The fourth-order valence-electron chi connectivity index (χ4n) is 4.13. The molecule has 2 heterocycles. The van der Waals surface area contributed by atoms with Crippen LogP contribution in [0.1, 0.15) is 48.8 Å². The number of fused-ring (bicyclic) bond motifs is 1. The summed E-state index contributed by atoms with van der Waals surface area (Å²) in [7, 11) is 0. The highest BCUT2D eigenvalue weighted by Crippen LogP contribution is 2.34. The maximum absolute atomic E-state index is 12.3. The number of nitrogens with zero attached hydrogens (tertiary/aromatic N) is 3. The number of nitrogens with one attached hydrogen (secondary N) is 1. The van der Waals surface area contributed by atoms with Gasteiger partial charge in [0.05, 0.1) is 24.2 Å². The molecule has 2 aromatic carbocycles. The number of carboxylic acid groups (broad SMARTS) is 1. The molecule has 4 rings (SSSR count). The molecule has 1 unspecified atom stereocenters. The number of pyridine rings is 1. The largest absolute Gasteiger partial charge is 0.481 e. The predicted molar refractivity (Wildman–Crippen MR) is 142 cm³/mol. The SMILES string of the molecule is CC(C)CC(c1ccc(C(=O)NCCC(=O)O)nc1)n1ncc2cc(-c3ccc(Cl)cc3Cl)ccc21. The van der Waals surface area contributed by atoms with Gasteiger partial charge >= 0.3 is 5.97 Å². The normalized spacial score (nSPS) is 12.1. The summed E-state index contributed by atoms with van der Waals surface area (Å²) in [6.07, 6.45) is 4.22. The molecule has 4 aromatic rings. The van der Waals surface area contributed by atoms with E-state index in [1.807, 2.05) is 41.2 Å². The van der Waals surface area contributed by atoms with Crippen molar-refractivity contribution in [3.63, 3.8) is 0 Å². The number of carbonyl (C=O) groups excluding carboxylic acids is 1. The van der Waals surface area contributed by atoms with Gasteiger partial charge in [-0.05, 0) is 53.8 Å². The van der Waals surface area contributed by atoms with E-state index < -0.39 is 11.9 Å². The van der Waals surface area contributed by atoms with Gasteiger partial charge in [-0.2, -0.15) is 5.10 Å². The molecule has 0 aliphatic rings. The van der Waals surface area contributed by atoms with Crippen LogP contribution in [-0.2, 0) is 4.79 Å². The highest BCUT2D eigenvalue weighted by molar-refractivity contribution is 6.36. The molecule has 0 aliphatic heterocycles. The van der Waals surface area contributed by atoms with Crippen LogP contribution < -0.4 is 5.32 Å². The topological polar surface area (TPSA) is 97.1 Å². The predicted octanol–water partition coefficient (Wildman–Crippen LogP) is 6.25. The Balaban J connectivity index is 1.62. The summed E-state index contributed by atoms with van der Waals surface area (Å²) >= 11 is 12.5. The van der Waals surface area contributed by atoms with Crippen molar-refractivity contribution in [1.82, 2.24) is 20.1 Å². The van der Waals surface area contributed by atoms with Gasteiger partial charge in [0.25, 0.3) is 5.91 Å². The molecule has 7 nitrogen and oxygen atoms in total. The van der Waals surface area contributed by atoms with Gasteiger partial charge in [-0.1, -0.05) is 55.2 Å². The van der Waals surface area contributed by atoms with Crippen LogP contribution >= 0.6 is 23.2 Å². The van der Waals surface area contributed by atoms with E-state index in [-0.39, 0.29) is 24.7 Å². The van der Waals surface area contributed by atoms with E-state index in [0.29, 0.717) is 16.0 Å². The summed E-state index contributed by atoms with van der Waals surface area (Å²) in [5.74, 6) is -0.980. The zero-order chi connectivity index (χ0) is 25.8. The van der Waals surface area contributed by atoms with Gasteiger partial charge in [0.15, 0.2) is 0 Å². The molecule has 2 aromatic heterocycles. The number of halogens is 2. The number of benzene rings is 2. The lowest BCUT2D eigenvalue weighted by atomic mass is 9.97.